The van der Waals surface area contributed by atoms with Crippen LogP contribution in [0.1, 0.15) is 19.4 Å². The minimum absolute atomic E-state index is 0.313. The number of fused-ring (bicyclic) bond motifs is 3. The number of nitrogens with one attached hydrogen (secondary N) is 1. The molecule has 0 amide bonds. The Kier molecular flexibility index (Phi) is 4.34. The zero-order chi connectivity index (χ0) is 16.7. The van der Waals surface area contributed by atoms with E-state index in [1.165, 1.54) is 0 Å². The Balaban J connectivity index is 1.32. The number of aliphatic hydroxyl groups is 1. The number of hydrogen-bond donors (Lipinski definition) is 2. The maximum absolute atomic E-state index is 10.6. The van der Waals surface area contributed by atoms with Crippen molar-refractivity contribution in [3.05, 3.63) is 35.9 Å². The average molecular weight is 337 g/mol. The van der Waals surface area contributed by atoms with Gasteiger partial charge in [0.25, 0.3) is 0 Å². The zero-order valence-corrected chi connectivity index (χ0v) is 13.8. The van der Waals surface area contributed by atoms with Crippen molar-refractivity contribution in [1.29, 1.82) is 0 Å². The first-order valence-electron chi connectivity index (χ1n) is 8.25. The molecule has 3 heterocycles. The number of ether oxygens (including phenoxy) is 4. The summed E-state index contributed by atoms with van der Waals surface area (Å²) >= 11 is 0. The summed E-state index contributed by atoms with van der Waals surface area (Å²) in [6, 6.07) is 9.44. The molecule has 3 saturated heterocycles. The van der Waals surface area contributed by atoms with Gasteiger partial charge in [-0.2, -0.15) is 5.48 Å². The molecule has 132 valence electrons. The molecule has 3 aliphatic heterocycles. The Hall–Kier alpha value is -1.06. The largest absolute Gasteiger partial charge is 0.388 e. The topological polar surface area (TPSA) is 78.4 Å². The van der Waals surface area contributed by atoms with Gasteiger partial charge in [0.2, 0.25) is 0 Å². The van der Waals surface area contributed by atoms with Crippen LogP contribution in [-0.4, -0.2) is 54.2 Å². The van der Waals surface area contributed by atoms with Gasteiger partial charge in [0.15, 0.2) is 12.1 Å². The fourth-order valence-corrected chi connectivity index (χ4v) is 3.42. The summed E-state index contributed by atoms with van der Waals surface area (Å²) in [5.74, 6) is -0.692. The van der Waals surface area contributed by atoms with Crippen LogP contribution < -0.4 is 5.48 Å². The second-order valence-electron chi connectivity index (χ2n) is 6.86. The number of rotatable bonds is 4. The maximum Gasteiger partial charge on any atom is 0.190 e. The molecular formula is C17H23NO6. The zero-order valence-electron chi connectivity index (χ0n) is 13.8. The molecule has 3 aliphatic rings. The fourth-order valence-electron chi connectivity index (χ4n) is 3.42. The highest BCUT2D eigenvalue weighted by molar-refractivity contribution is 5.13. The lowest BCUT2D eigenvalue weighted by atomic mass is 9.97. The number of benzene rings is 1. The highest BCUT2D eigenvalue weighted by Crippen LogP contribution is 2.41. The molecule has 2 N–H and O–H groups in total. The van der Waals surface area contributed by atoms with Crippen molar-refractivity contribution in [1.82, 2.24) is 5.48 Å². The van der Waals surface area contributed by atoms with E-state index in [1.54, 1.807) is 0 Å². The third-order valence-electron chi connectivity index (χ3n) is 4.56. The first-order chi connectivity index (χ1) is 11.5. The summed E-state index contributed by atoms with van der Waals surface area (Å²) in [5.41, 5.74) is 3.92. The van der Waals surface area contributed by atoms with Crippen molar-refractivity contribution in [2.45, 2.75) is 63.0 Å². The van der Waals surface area contributed by atoms with Crippen LogP contribution in [0, 0.1) is 0 Å². The number of hydrogen-bond acceptors (Lipinski definition) is 7. The Morgan fingerprint density at radius 2 is 1.96 bits per heavy atom. The normalized spacial score (nSPS) is 40.3. The molecule has 0 aliphatic carbocycles. The molecule has 4 rings (SSSR count). The molecule has 0 aromatic heterocycles. The minimum Gasteiger partial charge on any atom is -0.388 e. The molecule has 1 aromatic carbocycles. The third kappa shape index (κ3) is 3.09. The molecular weight excluding hydrogens is 314 g/mol. The minimum atomic E-state index is -0.763. The van der Waals surface area contributed by atoms with Gasteiger partial charge in [0, 0.05) is 0 Å². The van der Waals surface area contributed by atoms with E-state index in [0.29, 0.717) is 13.2 Å². The lowest BCUT2D eigenvalue weighted by Crippen LogP contribution is -2.58. The smallest absolute Gasteiger partial charge is 0.190 e. The lowest BCUT2D eigenvalue weighted by Gasteiger charge is -2.37. The fraction of sp³-hybridized carbons (Fsp3) is 0.647. The van der Waals surface area contributed by atoms with Gasteiger partial charge in [-0.3, -0.25) is 4.84 Å². The van der Waals surface area contributed by atoms with Crippen LogP contribution in [0.2, 0.25) is 0 Å². The molecule has 1 unspecified atom stereocenters. The lowest BCUT2D eigenvalue weighted by molar-refractivity contribution is -0.248. The van der Waals surface area contributed by atoms with Crippen molar-refractivity contribution >= 4 is 0 Å². The van der Waals surface area contributed by atoms with Crippen molar-refractivity contribution in [2.24, 2.45) is 0 Å². The van der Waals surface area contributed by atoms with Crippen molar-refractivity contribution in [3.63, 3.8) is 0 Å². The SMILES string of the molecule is CC1(C)O[C@H]2O[C@@H]3C(O)[C@H](NOCc4ccccc4)CO[C@@H]3[C@H]2O1. The average Bonchev–Trinajstić information content (AvgIpc) is 3.03. The van der Waals surface area contributed by atoms with Gasteiger partial charge >= 0.3 is 0 Å². The Morgan fingerprint density at radius 3 is 2.75 bits per heavy atom. The van der Waals surface area contributed by atoms with Crippen LogP contribution in [0.5, 0.6) is 0 Å². The predicted octanol–water partition coefficient (Wildman–Crippen LogP) is 0.712. The standard InChI is InChI=1S/C17H23NO6/c1-17(2)23-15-14-13(22-16(15)24-17)12(19)11(9-20-14)18-21-8-10-6-4-3-5-7-10/h3-7,11-16,18-19H,8-9H2,1-2H3/t11-,12?,13-,14+,15-,16-/m1/s1. The van der Waals surface area contributed by atoms with E-state index in [9.17, 15) is 5.11 Å². The number of aliphatic hydroxyl groups excluding tert-OH is 1. The Labute approximate surface area is 140 Å². The second-order valence-corrected chi connectivity index (χ2v) is 6.86. The van der Waals surface area contributed by atoms with E-state index in [1.807, 2.05) is 44.2 Å². The van der Waals surface area contributed by atoms with E-state index >= 15 is 0 Å². The molecule has 3 fully saturated rings. The molecule has 1 aromatic rings. The van der Waals surface area contributed by atoms with Gasteiger partial charge in [0.1, 0.15) is 24.4 Å². The summed E-state index contributed by atoms with van der Waals surface area (Å²) in [5, 5.41) is 10.6. The van der Waals surface area contributed by atoms with Gasteiger partial charge in [-0.25, -0.2) is 0 Å². The van der Waals surface area contributed by atoms with Crippen LogP contribution in [0.15, 0.2) is 30.3 Å². The van der Waals surface area contributed by atoms with E-state index in [-0.39, 0.29) is 18.2 Å². The summed E-state index contributed by atoms with van der Waals surface area (Å²) in [6.07, 6.45) is -2.42. The Bertz CT molecular complexity index is 567. The highest BCUT2D eigenvalue weighted by Gasteiger charge is 2.59. The first kappa shape index (κ1) is 16.4. The van der Waals surface area contributed by atoms with Crippen LogP contribution in [-0.2, 0) is 30.4 Å². The molecule has 0 saturated carbocycles. The molecule has 0 bridgehead atoms. The van der Waals surface area contributed by atoms with Gasteiger partial charge in [-0.05, 0) is 19.4 Å². The van der Waals surface area contributed by atoms with E-state index in [0.717, 1.165) is 5.56 Å². The predicted molar refractivity (Wildman–Crippen MR) is 82.6 cm³/mol. The summed E-state index contributed by atoms with van der Waals surface area (Å²) in [7, 11) is 0. The second kappa shape index (κ2) is 6.34. The van der Waals surface area contributed by atoms with Crippen LogP contribution in [0.4, 0.5) is 0 Å². The van der Waals surface area contributed by atoms with Gasteiger partial charge in [0.05, 0.1) is 19.3 Å². The molecule has 0 radical (unpaired) electrons. The Morgan fingerprint density at radius 1 is 1.17 bits per heavy atom. The summed E-state index contributed by atoms with van der Waals surface area (Å²) in [4.78, 5) is 5.50. The van der Waals surface area contributed by atoms with Gasteiger partial charge in [-0.15, -0.1) is 0 Å². The molecule has 7 heteroatoms. The van der Waals surface area contributed by atoms with E-state index < -0.39 is 24.3 Å². The van der Waals surface area contributed by atoms with Gasteiger partial charge < -0.3 is 24.1 Å². The van der Waals surface area contributed by atoms with Crippen LogP contribution in [0.25, 0.3) is 0 Å². The van der Waals surface area contributed by atoms with E-state index in [4.69, 9.17) is 23.8 Å². The quantitative estimate of drug-likeness (QED) is 0.784. The summed E-state index contributed by atoms with van der Waals surface area (Å²) < 4.78 is 23.2. The van der Waals surface area contributed by atoms with Crippen molar-refractivity contribution in [2.75, 3.05) is 6.61 Å². The molecule has 24 heavy (non-hydrogen) atoms. The van der Waals surface area contributed by atoms with Crippen molar-refractivity contribution in [3.8, 4) is 0 Å². The van der Waals surface area contributed by atoms with Crippen LogP contribution in [0.3, 0.4) is 0 Å². The number of hydroxylamine groups is 1. The van der Waals surface area contributed by atoms with E-state index in [2.05, 4.69) is 5.48 Å². The maximum atomic E-state index is 10.6. The van der Waals surface area contributed by atoms with Crippen LogP contribution >= 0.6 is 0 Å². The van der Waals surface area contributed by atoms with Crippen molar-refractivity contribution < 1.29 is 28.9 Å². The summed E-state index contributed by atoms with van der Waals surface area (Å²) in [6.45, 7) is 4.40. The molecule has 0 spiro atoms. The first-order valence-corrected chi connectivity index (χ1v) is 8.25. The van der Waals surface area contributed by atoms with Gasteiger partial charge in [-0.1, -0.05) is 30.3 Å². The molecule has 7 nitrogen and oxygen atoms in total. The third-order valence-corrected chi connectivity index (χ3v) is 4.56. The molecule has 6 atom stereocenters. The highest BCUT2D eigenvalue weighted by atomic mass is 16.8. The monoisotopic (exact) mass is 337 g/mol.